The third-order valence-electron chi connectivity index (χ3n) is 6.10. The Labute approximate surface area is 208 Å². The van der Waals surface area contributed by atoms with E-state index in [9.17, 15) is 17.6 Å². The van der Waals surface area contributed by atoms with Crippen LogP contribution in [0.25, 0.3) is 12.2 Å². The number of rotatable bonds is 6. The topological polar surface area (TPSA) is 92.5 Å². The molecule has 1 aromatic heterocycles. The Balaban J connectivity index is 1.47. The highest BCUT2D eigenvalue weighted by Gasteiger charge is 2.36. The highest BCUT2D eigenvalue weighted by molar-refractivity contribution is 7.89. The minimum atomic E-state index is -3.93. The van der Waals surface area contributed by atoms with Crippen molar-refractivity contribution in [2.45, 2.75) is 31.6 Å². The largest absolute Gasteiger partial charge is 0.355 e. The first kappa shape index (κ1) is 25.1. The van der Waals surface area contributed by atoms with Crippen LogP contribution in [0.5, 0.6) is 0 Å². The van der Waals surface area contributed by atoms with Gasteiger partial charge >= 0.3 is 0 Å². The fraction of sp³-hybridized carbons (Fsp3) is 0.280. The molecule has 2 aromatic carbocycles. The molecule has 2 heterocycles. The van der Waals surface area contributed by atoms with Crippen molar-refractivity contribution >= 4 is 45.4 Å². The lowest BCUT2D eigenvalue weighted by Crippen LogP contribution is -2.41. The van der Waals surface area contributed by atoms with Crippen LogP contribution in [0, 0.1) is 25.6 Å². The summed E-state index contributed by atoms with van der Waals surface area (Å²) in [7, 11) is -3.93. The van der Waals surface area contributed by atoms with Crippen LogP contribution < -0.4 is 5.32 Å². The first-order valence-electron chi connectivity index (χ1n) is 11.1. The second-order valence-corrected chi connectivity index (χ2v) is 10.7. The maximum atomic E-state index is 13.9. The molecule has 1 saturated heterocycles. The van der Waals surface area contributed by atoms with E-state index in [1.807, 2.05) is 6.92 Å². The Hall–Kier alpha value is -3.01. The van der Waals surface area contributed by atoms with E-state index in [1.165, 1.54) is 22.5 Å². The molecule has 0 spiro atoms. The molecule has 1 N–H and O–H groups in total. The molecular formula is C25H25ClFN3O4S. The summed E-state index contributed by atoms with van der Waals surface area (Å²) in [5.41, 5.74) is 1.94. The summed E-state index contributed by atoms with van der Waals surface area (Å²) in [6, 6.07) is 11.4. The predicted molar refractivity (Wildman–Crippen MR) is 133 cm³/mol. The standard InChI is InChI=1S/C25H25ClFN3O4S/c1-16-20(26)7-5-9-22(16)28-25(31)19-12-14-30(15-13-19)35(32,33)24-17(2)29-34-23(24)11-10-18-6-3-4-8-21(18)27/h3-11,19H,12-15H2,1-2H3,(H,28,31). The molecule has 4 rings (SSSR count). The Morgan fingerprint density at radius 2 is 1.86 bits per heavy atom. The second kappa shape index (κ2) is 10.3. The molecule has 1 amide bonds. The molecular weight excluding hydrogens is 493 g/mol. The lowest BCUT2D eigenvalue weighted by atomic mass is 9.97. The monoisotopic (exact) mass is 517 g/mol. The van der Waals surface area contributed by atoms with Crippen molar-refractivity contribution in [3.05, 3.63) is 75.9 Å². The summed E-state index contributed by atoms with van der Waals surface area (Å²) < 4.78 is 47.4. The lowest BCUT2D eigenvalue weighted by molar-refractivity contribution is -0.120. The fourth-order valence-corrected chi connectivity index (χ4v) is 5.93. The normalized spacial score (nSPS) is 15.5. The molecule has 184 valence electrons. The molecule has 1 aliphatic heterocycles. The van der Waals surface area contributed by atoms with Gasteiger partial charge in [-0.15, -0.1) is 0 Å². The highest BCUT2D eigenvalue weighted by atomic mass is 35.5. The minimum Gasteiger partial charge on any atom is -0.355 e. The number of aromatic nitrogens is 1. The van der Waals surface area contributed by atoms with E-state index in [4.69, 9.17) is 16.1 Å². The smallest absolute Gasteiger partial charge is 0.248 e. The average molecular weight is 518 g/mol. The van der Waals surface area contributed by atoms with Crippen molar-refractivity contribution in [2.75, 3.05) is 18.4 Å². The molecule has 0 radical (unpaired) electrons. The quantitative estimate of drug-likeness (QED) is 0.479. The molecule has 0 aliphatic carbocycles. The summed E-state index contributed by atoms with van der Waals surface area (Å²) in [5.74, 6) is -0.898. The van der Waals surface area contributed by atoms with Gasteiger partial charge in [0.25, 0.3) is 0 Å². The van der Waals surface area contributed by atoms with Crippen LogP contribution >= 0.6 is 11.6 Å². The maximum absolute atomic E-state index is 13.9. The molecule has 0 bridgehead atoms. The van der Waals surface area contributed by atoms with E-state index in [0.717, 1.165) is 5.56 Å². The first-order valence-corrected chi connectivity index (χ1v) is 13.0. The number of nitrogens with one attached hydrogen (secondary N) is 1. The maximum Gasteiger partial charge on any atom is 0.248 e. The van der Waals surface area contributed by atoms with Gasteiger partial charge < -0.3 is 9.84 Å². The molecule has 35 heavy (non-hydrogen) atoms. The molecule has 1 aliphatic rings. The van der Waals surface area contributed by atoms with Gasteiger partial charge in [-0.05, 0) is 62.6 Å². The number of benzene rings is 2. The van der Waals surface area contributed by atoms with Crippen LogP contribution in [0.15, 0.2) is 51.9 Å². The summed E-state index contributed by atoms with van der Waals surface area (Å²) in [4.78, 5) is 12.7. The zero-order valence-electron chi connectivity index (χ0n) is 19.3. The lowest BCUT2D eigenvalue weighted by Gasteiger charge is -2.30. The third kappa shape index (κ3) is 5.32. The van der Waals surface area contributed by atoms with E-state index in [0.29, 0.717) is 29.1 Å². The van der Waals surface area contributed by atoms with Gasteiger partial charge in [-0.3, -0.25) is 4.79 Å². The summed E-state index contributed by atoms with van der Waals surface area (Å²) in [6.45, 7) is 3.73. The first-order chi connectivity index (χ1) is 16.7. The number of hydrogen-bond acceptors (Lipinski definition) is 5. The van der Waals surface area contributed by atoms with E-state index in [-0.39, 0.29) is 41.3 Å². The molecule has 10 heteroatoms. The number of amides is 1. The number of piperidine rings is 1. The highest BCUT2D eigenvalue weighted by Crippen LogP contribution is 2.30. The van der Waals surface area contributed by atoms with E-state index >= 15 is 0 Å². The Morgan fingerprint density at radius 3 is 2.57 bits per heavy atom. The SMILES string of the molecule is Cc1noc(C=Cc2ccccc2F)c1S(=O)(=O)N1CCC(C(=O)Nc2cccc(Cl)c2C)CC1. The molecule has 7 nitrogen and oxygen atoms in total. The number of carbonyl (C=O) groups excluding carboxylic acids is 1. The number of aryl methyl sites for hydroxylation is 1. The molecule has 0 saturated carbocycles. The molecule has 3 aromatic rings. The Kier molecular flexibility index (Phi) is 7.39. The van der Waals surface area contributed by atoms with Crippen molar-refractivity contribution in [3.63, 3.8) is 0 Å². The van der Waals surface area contributed by atoms with Gasteiger partial charge in [0.15, 0.2) is 10.7 Å². The average Bonchev–Trinajstić information content (AvgIpc) is 3.22. The van der Waals surface area contributed by atoms with Gasteiger partial charge in [-0.2, -0.15) is 4.31 Å². The second-order valence-electron chi connectivity index (χ2n) is 8.40. The van der Waals surface area contributed by atoms with Crippen LogP contribution in [0.4, 0.5) is 10.1 Å². The minimum absolute atomic E-state index is 0.0297. The van der Waals surface area contributed by atoms with E-state index < -0.39 is 15.8 Å². The summed E-state index contributed by atoms with van der Waals surface area (Å²) in [5, 5.41) is 7.28. The summed E-state index contributed by atoms with van der Waals surface area (Å²) >= 11 is 6.13. The van der Waals surface area contributed by atoms with Crippen molar-refractivity contribution in [3.8, 4) is 0 Å². The van der Waals surface area contributed by atoms with Crippen LogP contribution in [-0.2, 0) is 14.8 Å². The van der Waals surface area contributed by atoms with E-state index in [2.05, 4.69) is 10.5 Å². The zero-order valence-corrected chi connectivity index (χ0v) is 20.9. The predicted octanol–water partition coefficient (Wildman–Crippen LogP) is 5.29. The fourth-order valence-electron chi connectivity index (χ4n) is 4.04. The Bertz CT molecular complexity index is 1380. The number of sulfonamides is 1. The van der Waals surface area contributed by atoms with E-state index in [1.54, 1.807) is 43.3 Å². The number of halogens is 2. The van der Waals surface area contributed by atoms with Crippen molar-refractivity contribution in [1.82, 2.24) is 9.46 Å². The van der Waals surface area contributed by atoms with Gasteiger partial charge in [0, 0.05) is 35.3 Å². The Morgan fingerprint density at radius 1 is 1.14 bits per heavy atom. The number of anilines is 1. The van der Waals surface area contributed by atoms with Crippen LogP contribution in [0.3, 0.4) is 0 Å². The van der Waals surface area contributed by atoms with Crippen LogP contribution in [-0.4, -0.2) is 36.9 Å². The molecule has 0 atom stereocenters. The zero-order chi connectivity index (χ0) is 25.2. The molecule has 0 unspecified atom stereocenters. The third-order valence-corrected chi connectivity index (χ3v) is 8.57. The number of carbonyl (C=O) groups is 1. The van der Waals surface area contributed by atoms with Crippen molar-refractivity contribution < 1.29 is 22.1 Å². The van der Waals surface area contributed by atoms with Crippen LogP contribution in [0.2, 0.25) is 5.02 Å². The van der Waals surface area contributed by atoms with Crippen molar-refractivity contribution in [2.24, 2.45) is 5.92 Å². The van der Waals surface area contributed by atoms with Gasteiger partial charge in [0.1, 0.15) is 11.5 Å². The molecule has 1 fully saturated rings. The number of hydrogen-bond donors (Lipinski definition) is 1. The van der Waals surface area contributed by atoms with Crippen LogP contribution in [0.1, 0.15) is 35.4 Å². The van der Waals surface area contributed by atoms with Crippen molar-refractivity contribution in [1.29, 1.82) is 0 Å². The van der Waals surface area contributed by atoms with Gasteiger partial charge in [0.2, 0.25) is 15.9 Å². The summed E-state index contributed by atoms with van der Waals surface area (Å²) in [6.07, 6.45) is 3.59. The van der Waals surface area contributed by atoms with Gasteiger partial charge in [-0.25, -0.2) is 12.8 Å². The number of nitrogens with zero attached hydrogens (tertiary/aromatic N) is 2. The van der Waals surface area contributed by atoms with Gasteiger partial charge in [0.05, 0.1) is 0 Å². The van der Waals surface area contributed by atoms with Gasteiger partial charge in [-0.1, -0.05) is 41.0 Å².